The van der Waals surface area contributed by atoms with Crippen molar-refractivity contribution in [1.29, 1.82) is 5.41 Å². The maximum Gasteiger partial charge on any atom is 0.412 e. The molecule has 212 valence electrons. The van der Waals surface area contributed by atoms with Gasteiger partial charge in [0.05, 0.1) is 13.2 Å². The average molecular weight is 558 g/mol. The lowest BCUT2D eigenvalue weighted by Crippen LogP contribution is -2.32. The molecule has 0 bridgehead atoms. The predicted molar refractivity (Wildman–Crippen MR) is 150 cm³/mol. The van der Waals surface area contributed by atoms with Gasteiger partial charge in [-0.2, -0.15) is 0 Å². The van der Waals surface area contributed by atoms with E-state index in [0.717, 1.165) is 5.56 Å². The summed E-state index contributed by atoms with van der Waals surface area (Å²) in [6.07, 6.45) is -0.716. The number of amides is 2. The van der Waals surface area contributed by atoms with E-state index >= 15 is 0 Å². The van der Waals surface area contributed by atoms with Crippen molar-refractivity contribution < 1.29 is 33.4 Å². The van der Waals surface area contributed by atoms with Gasteiger partial charge in [0, 0.05) is 23.2 Å². The summed E-state index contributed by atoms with van der Waals surface area (Å²) in [6, 6.07) is 20.4. The van der Waals surface area contributed by atoms with E-state index in [2.05, 4.69) is 5.32 Å². The fourth-order valence-electron chi connectivity index (χ4n) is 4.04. The Morgan fingerprint density at radius 2 is 1.66 bits per heavy atom. The van der Waals surface area contributed by atoms with Crippen LogP contribution in [0.25, 0.3) is 0 Å². The van der Waals surface area contributed by atoms with Crippen LogP contribution in [-0.2, 0) is 27.4 Å². The SMILES string of the molecule is CC(C)COC(=O)NC(=N)c1ccc2c(c1)CN(CC(=O)c1ccc(OCC(=O)OCc3ccccc3)cc1)C2=O. The Labute approximate surface area is 237 Å². The van der Waals surface area contributed by atoms with Crippen LogP contribution in [-0.4, -0.2) is 54.2 Å². The Bertz CT molecular complexity index is 1440. The number of alkyl carbamates (subject to hydrolysis) is 1. The molecule has 0 fully saturated rings. The van der Waals surface area contributed by atoms with E-state index in [9.17, 15) is 19.2 Å². The summed E-state index contributed by atoms with van der Waals surface area (Å²) in [7, 11) is 0. The Hall–Kier alpha value is -4.99. The predicted octanol–water partition coefficient (Wildman–Crippen LogP) is 4.36. The molecule has 10 heteroatoms. The van der Waals surface area contributed by atoms with Crippen LogP contribution in [0.15, 0.2) is 72.8 Å². The van der Waals surface area contributed by atoms with Crippen LogP contribution >= 0.6 is 0 Å². The van der Waals surface area contributed by atoms with E-state index in [0.29, 0.717) is 28.0 Å². The molecular weight excluding hydrogens is 526 g/mol. The van der Waals surface area contributed by atoms with Crippen LogP contribution in [0.1, 0.15) is 51.3 Å². The molecule has 3 aromatic rings. The van der Waals surface area contributed by atoms with Crippen molar-refractivity contribution in [2.75, 3.05) is 19.8 Å². The van der Waals surface area contributed by atoms with Crippen molar-refractivity contribution in [1.82, 2.24) is 10.2 Å². The number of carbonyl (C=O) groups is 4. The molecule has 3 aromatic carbocycles. The molecule has 0 saturated carbocycles. The van der Waals surface area contributed by atoms with Crippen molar-refractivity contribution in [3.05, 3.63) is 101 Å². The number of hydrogen-bond donors (Lipinski definition) is 2. The zero-order valence-electron chi connectivity index (χ0n) is 22.8. The Morgan fingerprint density at radius 3 is 2.37 bits per heavy atom. The van der Waals surface area contributed by atoms with Gasteiger partial charge in [0.25, 0.3) is 5.91 Å². The molecule has 10 nitrogen and oxygen atoms in total. The number of ether oxygens (including phenoxy) is 3. The summed E-state index contributed by atoms with van der Waals surface area (Å²) in [5.41, 5.74) is 2.79. The summed E-state index contributed by atoms with van der Waals surface area (Å²) in [5.74, 6) is -0.634. The minimum atomic E-state index is -0.716. The maximum atomic E-state index is 12.9. The number of esters is 1. The third-order valence-corrected chi connectivity index (χ3v) is 6.16. The molecule has 0 radical (unpaired) electrons. The van der Waals surface area contributed by atoms with Gasteiger partial charge in [0.15, 0.2) is 12.4 Å². The third kappa shape index (κ3) is 8.01. The number of Topliss-reactive ketones (excluding diaryl/α,β-unsaturated/α-hetero) is 1. The summed E-state index contributed by atoms with van der Waals surface area (Å²) >= 11 is 0. The number of nitrogens with one attached hydrogen (secondary N) is 2. The fraction of sp³-hybridized carbons (Fsp3) is 0.258. The minimum absolute atomic E-state index is 0.133. The molecule has 0 atom stereocenters. The molecule has 2 amide bonds. The number of hydrogen-bond acceptors (Lipinski definition) is 8. The Morgan fingerprint density at radius 1 is 0.951 bits per heavy atom. The molecule has 4 rings (SSSR count). The molecule has 0 saturated heterocycles. The van der Waals surface area contributed by atoms with Crippen LogP contribution in [0.5, 0.6) is 5.75 Å². The minimum Gasteiger partial charge on any atom is -0.482 e. The number of nitrogens with zero attached hydrogens (tertiary/aromatic N) is 1. The Balaban J connectivity index is 1.26. The smallest absolute Gasteiger partial charge is 0.412 e. The van der Waals surface area contributed by atoms with Crippen LogP contribution in [0.4, 0.5) is 4.79 Å². The van der Waals surface area contributed by atoms with E-state index in [1.165, 1.54) is 4.90 Å². The molecule has 1 aliphatic heterocycles. The lowest BCUT2D eigenvalue weighted by Gasteiger charge is -2.14. The van der Waals surface area contributed by atoms with Crippen molar-refractivity contribution in [3.63, 3.8) is 0 Å². The van der Waals surface area contributed by atoms with Gasteiger partial charge in [-0.1, -0.05) is 50.2 Å². The van der Waals surface area contributed by atoms with E-state index in [4.69, 9.17) is 19.6 Å². The first-order valence-corrected chi connectivity index (χ1v) is 13.1. The number of rotatable bonds is 11. The van der Waals surface area contributed by atoms with Gasteiger partial charge in [0.2, 0.25) is 0 Å². The van der Waals surface area contributed by atoms with Gasteiger partial charge < -0.3 is 19.1 Å². The zero-order chi connectivity index (χ0) is 29.4. The first-order chi connectivity index (χ1) is 19.7. The third-order valence-electron chi connectivity index (χ3n) is 6.16. The number of carbonyl (C=O) groups excluding carboxylic acids is 4. The highest BCUT2D eigenvalue weighted by Crippen LogP contribution is 2.24. The highest BCUT2D eigenvalue weighted by molar-refractivity contribution is 6.07. The molecule has 0 unspecified atom stereocenters. The summed E-state index contributed by atoms with van der Waals surface area (Å²) in [6.45, 7) is 4.01. The van der Waals surface area contributed by atoms with E-state index in [1.54, 1.807) is 42.5 Å². The lowest BCUT2D eigenvalue weighted by atomic mass is 10.1. The highest BCUT2D eigenvalue weighted by Gasteiger charge is 2.29. The molecule has 41 heavy (non-hydrogen) atoms. The van der Waals surface area contributed by atoms with Crippen molar-refractivity contribution in [2.45, 2.75) is 27.0 Å². The van der Waals surface area contributed by atoms with Gasteiger partial charge in [-0.15, -0.1) is 0 Å². The largest absolute Gasteiger partial charge is 0.482 e. The van der Waals surface area contributed by atoms with Gasteiger partial charge >= 0.3 is 12.1 Å². The quantitative estimate of drug-likeness (QED) is 0.155. The molecule has 0 spiro atoms. The fourth-order valence-corrected chi connectivity index (χ4v) is 4.04. The topological polar surface area (TPSA) is 135 Å². The second kappa shape index (κ2) is 13.4. The highest BCUT2D eigenvalue weighted by atomic mass is 16.6. The molecule has 0 aliphatic carbocycles. The number of ketones is 1. The summed E-state index contributed by atoms with van der Waals surface area (Å²) < 4.78 is 15.7. The average Bonchev–Trinajstić information content (AvgIpc) is 3.28. The number of fused-ring (bicyclic) bond motifs is 1. The van der Waals surface area contributed by atoms with Gasteiger partial charge in [-0.25, -0.2) is 9.59 Å². The van der Waals surface area contributed by atoms with E-state index < -0.39 is 12.1 Å². The standard InChI is InChI=1S/C31H31N3O7/c1-20(2)17-41-31(38)33-29(32)23-10-13-26-24(14-23)15-34(30(26)37)16-27(35)22-8-11-25(12-9-22)39-19-28(36)40-18-21-6-4-3-5-7-21/h3-14,20H,15-19H2,1-2H3,(H2,32,33,38). The van der Waals surface area contributed by atoms with Crippen LogP contribution < -0.4 is 10.1 Å². The number of amidine groups is 1. The summed E-state index contributed by atoms with van der Waals surface area (Å²) in [4.78, 5) is 51.1. The molecule has 0 aromatic heterocycles. The number of benzene rings is 3. The molecule has 1 heterocycles. The van der Waals surface area contributed by atoms with Crippen molar-refractivity contribution in [3.8, 4) is 5.75 Å². The molecule has 1 aliphatic rings. The first-order valence-electron chi connectivity index (χ1n) is 13.1. The van der Waals surface area contributed by atoms with Crippen LogP contribution in [0, 0.1) is 11.3 Å². The van der Waals surface area contributed by atoms with Gasteiger partial charge in [-0.3, -0.25) is 20.3 Å². The van der Waals surface area contributed by atoms with E-state index in [-0.39, 0.29) is 56.4 Å². The van der Waals surface area contributed by atoms with Gasteiger partial charge in [-0.05, 0) is 53.4 Å². The Kier molecular flexibility index (Phi) is 9.47. The molecular formula is C31H31N3O7. The van der Waals surface area contributed by atoms with E-state index in [1.807, 2.05) is 44.2 Å². The van der Waals surface area contributed by atoms with Crippen LogP contribution in [0.3, 0.4) is 0 Å². The molecule has 2 N–H and O–H groups in total. The second-order valence-electron chi connectivity index (χ2n) is 9.91. The summed E-state index contributed by atoms with van der Waals surface area (Å²) in [5, 5.41) is 10.5. The first kappa shape index (κ1) is 29.0. The zero-order valence-corrected chi connectivity index (χ0v) is 22.8. The van der Waals surface area contributed by atoms with Crippen molar-refractivity contribution in [2.24, 2.45) is 5.92 Å². The lowest BCUT2D eigenvalue weighted by molar-refractivity contribution is -0.147. The van der Waals surface area contributed by atoms with Crippen LogP contribution in [0.2, 0.25) is 0 Å². The van der Waals surface area contributed by atoms with Crippen molar-refractivity contribution >= 4 is 29.6 Å². The maximum absolute atomic E-state index is 12.9. The second-order valence-corrected chi connectivity index (χ2v) is 9.91. The monoisotopic (exact) mass is 557 g/mol. The van der Waals surface area contributed by atoms with Gasteiger partial charge in [0.1, 0.15) is 18.2 Å². The normalized spacial score (nSPS) is 12.1.